The van der Waals surface area contributed by atoms with E-state index in [-0.39, 0.29) is 25.0 Å². The van der Waals surface area contributed by atoms with E-state index in [2.05, 4.69) is 31.2 Å². The third-order valence-electron chi connectivity index (χ3n) is 3.44. The number of hydrogen-bond acceptors (Lipinski definition) is 6. The fraction of sp³-hybridized carbons (Fsp3) is 0.158. The number of fused-ring (bicyclic) bond motifs is 1. The van der Waals surface area contributed by atoms with Gasteiger partial charge in [-0.25, -0.2) is 0 Å². The maximum absolute atomic E-state index is 12.1. The van der Waals surface area contributed by atoms with Gasteiger partial charge in [0.1, 0.15) is 23.4 Å². The molecule has 0 saturated carbocycles. The van der Waals surface area contributed by atoms with Gasteiger partial charge in [-0.3, -0.25) is 9.59 Å². The van der Waals surface area contributed by atoms with Gasteiger partial charge in [0, 0.05) is 24.2 Å². The van der Waals surface area contributed by atoms with E-state index in [0.29, 0.717) is 22.5 Å². The van der Waals surface area contributed by atoms with Crippen LogP contribution in [0.4, 0.5) is 5.69 Å². The van der Waals surface area contributed by atoms with Gasteiger partial charge in [0.15, 0.2) is 0 Å². The van der Waals surface area contributed by atoms with Crippen molar-refractivity contribution in [1.29, 1.82) is 0 Å². The average Bonchev–Trinajstić information content (AvgIpc) is 3.12. The standard InChI is InChI=1S/C19H16N4O3S/c1-13(24)21-15-5-4-6-16(12-15)26-10-3-2-9-20-19(25)14-7-8-17-18(11-14)23-27-22-17/h4-8,11-12H,9-10H2,1H3,(H,20,25)(H,21,24). The third kappa shape index (κ3) is 5.26. The molecule has 0 spiro atoms. The second-order valence-corrected chi connectivity index (χ2v) is 6.03. The molecule has 0 atom stereocenters. The maximum atomic E-state index is 12.1. The molecule has 0 aliphatic rings. The molecule has 2 aromatic carbocycles. The Morgan fingerprint density at radius 2 is 1.96 bits per heavy atom. The van der Waals surface area contributed by atoms with E-state index in [1.54, 1.807) is 42.5 Å². The van der Waals surface area contributed by atoms with E-state index in [4.69, 9.17) is 4.74 Å². The van der Waals surface area contributed by atoms with Crippen LogP contribution < -0.4 is 15.4 Å². The summed E-state index contributed by atoms with van der Waals surface area (Å²) in [5.74, 6) is 5.90. The van der Waals surface area contributed by atoms with Crippen molar-refractivity contribution in [2.75, 3.05) is 18.5 Å². The summed E-state index contributed by atoms with van der Waals surface area (Å²) in [5.41, 5.74) is 2.65. The zero-order chi connectivity index (χ0) is 19.1. The van der Waals surface area contributed by atoms with Crippen LogP contribution in [0.3, 0.4) is 0 Å². The molecule has 27 heavy (non-hydrogen) atoms. The molecule has 0 radical (unpaired) electrons. The Balaban J connectivity index is 1.45. The van der Waals surface area contributed by atoms with Gasteiger partial charge < -0.3 is 15.4 Å². The lowest BCUT2D eigenvalue weighted by molar-refractivity contribution is -0.114. The van der Waals surface area contributed by atoms with Crippen molar-refractivity contribution in [2.24, 2.45) is 0 Å². The zero-order valence-corrected chi connectivity index (χ0v) is 15.3. The van der Waals surface area contributed by atoms with Gasteiger partial charge in [-0.05, 0) is 30.3 Å². The highest BCUT2D eigenvalue weighted by Crippen LogP contribution is 2.17. The molecule has 0 unspecified atom stereocenters. The number of aromatic nitrogens is 2. The van der Waals surface area contributed by atoms with E-state index in [1.807, 2.05) is 0 Å². The van der Waals surface area contributed by atoms with Crippen LogP contribution >= 0.6 is 11.7 Å². The number of nitrogens with zero attached hydrogens (tertiary/aromatic N) is 2. The number of nitrogens with one attached hydrogen (secondary N) is 2. The highest BCUT2D eigenvalue weighted by molar-refractivity contribution is 7.00. The molecule has 7 nitrogen and oxygen atoms in total. The Kier molecular flexibility index (Phi) is 5.97. The molecule has 8 heteroatoms. The highest BCUT2D eigenvalue weighted by Gasteiger charge is 2.06. The SMILES string of the molecule is CC(=O)Nc1cccc(OCC#CCNC(=O)c2ccc3nsnc3c2)c1. The fourth-order valence-electron chi connectivity index (χ4n) is 2.25. The first-order chi connectivity index (χ1) is 13.1. The van der Waals surface area contributed by atoms with Gasteiger partial charge in [-0.15, -0.1) is 0 Å². The van der Waals surface area contributed by atoms with Crippen molar-refractivity contribution in [3.05, 3.63) is 48.0 Å². The molecule has 3 aromatic rings. The fourth-order valence-corrected chi connectivity index (χ4v) is 2.77. The van der Waals surface area contributed by atoms with Crippen molar-refractivity contribution in [3.63, 3.8) is 0 Å². The van der Waals surface area contributed by atoms with Gasteiger partial charge in [0.25, 0.3) is 5.91 Å². The lowest BCUT2D eigenvalue weighted by Gasteiger charge is -2.05. The third-order valence-corrected chi connectivity index (χ3v) is 4.00. The average molecular weight is 380 g/mol. The lowest BCUT2D eigenvalue weighted by atomic mass is 10.2. The van der Waals surface area contributed by atoms with Gasteiger partial charge in [0.2, 0.25) is 5.91 Å². The molecule has 0 bridgehead atoms. The number of amides is 2. The normalized spacial score (nSPS) is 9.96. The summed E-state index contributed by atoms with van der Waals surface area (Å²) in [4.78, 5) is 23.2. The van der Waals surface area contributed by atoms with Gasteiger partial charge in [0.05, 0.1) is 18.3 Å². The van der Waals surface area contributed by atoms with Crippen LogP contribution in [-0.4, -0.2) is 33.7 Å². The van der Waals surface area contributed by atoms with Crippen LogP contribution in [0.2, 0.25) is 0 Å². The lowest BCUT2D eigenvalue weighted by Crippen LogP contribution is -2.23. The smallest absolute Gasteiger partial charge is 0.252 e. The number of ether oxygens (including phenoxy) is 1. The maximum Gasteiger partial charge on any atom is 0.252 e. The quantitative estimate of drug-likeness (QED) is 0.663. The molecule has 1 aromatic heterocycles. The van der Waals surface area contributed by atoms with Crippen molar-refractivity contribution in [2.45, 2.75) is 6.92 Å². The molecule has 136 valence electrons. The molecule has 0 aliphatic carbocycles. The summed E-state index contributed by atoms with van der Waals surface area (Å²) in [6.45, 7) is 1.83. The number of carbonyl (C=O) groups is 2. The Morgan fingerprint density at radius 3 is 2.81 bits per heavy atom. The summed E-state index contributed by atoms with van der Waals surface area (Å²) in [5, 5.41) is 5.41. The Labute approximate surface area is 160 Å². The van der Waals surface area contributed by atoms with E-state index in [9.17, 15) is 9.59 Å². The number of carbonyl (C=O) groups excluding carboxylic acids is 2. The Hall–Kier alpha value is -3.44. The first-order valence-electron chi connectivity index (χ1n) is 8.08. The molecular formula is C19H16N4O3S. The minimum atomic E-state index is -0.219. The van der Waals surface area contributed by atoms with Crippen molar-refractivity contribution >= 4 is 40.3 Å². The predicted octanol–water partition coefficient (Wildman–Crippen LogP) is 2.46. The van der Waals surface area contributed by atoms with E-state index in [1.165, 1.54) is 6.92 Å². The molecule has 0 aliphatic heterocycles. The van der Waals surface area contributed by atoms with Crippen LogP contribution in [0, 0.1) is 11.8 Å². The largest absolute Gasteiger partial charge is 0.481 e. The molecular weight excluding hydrogens is 364 g/mol. The summed E-state index contributed by atoms with van der Waals surface area (Å²) >= 11 is 1.11. The first-order valence-corrected chi connectivity index (χ1v) is 8.81. The van der Waals surface area contributed by atoms with E-state index >= 15 is 0 Å². The van der Waals surface area contributed by atoms with Crippen molar-refractivity contribution in [1.82, 2.24) is 14.1 Å². The van der Waals surface area contributed by atoms with Crippen LogP contribution in [0.15, 0.2) is 42.5 Å². The summed E-state index contributed by atoms with van der Waals surface area (Å²) in [6, 6.07) is 12.2. The topological polar surface area (TPSA) is 93.2 Å². The van der Waals surface area contributed by atoms with E-state index in [0.717, 1.165) is 17.2 Å². The number of rotatable bonds is 5. The van der Waals surface area contributed by atoms with Crippen molar-refractivity contribution in [3.8, 4) is 17.6 Å². The van der Waals surface area contributed by atoms with Crippen LogP contribution in [-0.2, 0) is 4.79 Å². The molecule has 1 heterocycles. The molecule has 2 N–H and O–H groups in total. The Morgan fingerprint density at radius 1 is 1.11 bits per heavy atom. The zero-order valence-electron chi connectivity index (χ0n) is 14.5. The van der Waals surface area contributed by atoms with Crippen LogP contribution in [0.25, 0.3) is 11.0 Å². The second kappa shape index (κ2) is 8.78. The summed E-state index contributed by atoms with van der Waals surface area (Å²) < 4.78 is 13.7. The minimum Gasteiger partial charge on any atom is -0.481 e. The van der Waals surface area contributed by atoms with Gasteiger partial charge >= 0.3 is 0 Å². The monoisotopic (exact) mass is 380 g/mol. The number of hydrogen-bond donors (Lipinski definition) is 2. The van der Waals surface area contributed by atoms with Crippen LogP contribution in [0.1, 0.15) is 17.3 Å². The highest BCUT2D eigenvalue weighted by atomic mass is 32.1. The van der Waals surface area contributed by atoms with E-state index < -0.39 is 0 Å². The molecule has 0 saturated heterocycles. The van der Waals surface area contributed by atoms with Crippen molar-refractivity contribution < 1.29 is 14.3 Å². The summed E-state index contributed by atoms with van der Waals surface area (Å²) in [6.07, 6.45) is 0. The van der Waals surface area contributed by atoms with Crippen LogP contribution in [0.5, 0.6) is 5.75 Å². The Bertz CT molecular complexity index is 1040. The predicted molar refractivity (Wildman–Crippen MR) is 104 cm³/mol. The number of anilines is 1. The summed E-state index contributed by atoms with van der Waals surface area (Å²) in [7, 11) is 0. The molecule has 2 amide bonds. The van der Waals surface area contributed by atoms with Gasteiger partial charge in [-0.2, -0.15) is 8.75 Å². The number of benzene rings is 2. The first kappa shape index (κ1) is 18.4. The minimum absolute atomic E-state index is 0.145. The second-order valence-electron chi connectivity index (χ2n) is 5.50. The molecule has 0 fully saturated rings. The van der Waals surface area contributed by atoms with Gasteiger partial charge in [-0.1, -0.05) is 17.9 Å². The molecule has 3 rings (SSSR count).